The van der Waals surface area contributed by atoms with Crippen LogP contribution in [0.1, 0.15) is 33.6 Å². The molecule has 1 heterocycles. The number of morpholine rings is 1. The van der Waals surface area contributed by atoms with Crippen LogP contribution in [0.2, 0.25) is 0 Å². The average molecular weight is 299 g/mol. The Morgan fingerprint density at radius 3 is 2.38 bits per heavy atom. The van der Waals surface area contributed by atoms with Crippen molar-refractivity contribution in [2.45, 2.75) is 39.7 Å². The highest BCUT2D eigenvalue weighted by Gasteiger charge is 2.24. The van der Waals surface area contributed by atoms with E-state index < -0.39 is 6.04 Å². The monoisotopic (exact) mass is 299 g/mol. The molecule has 0 aromatic heterocycles. The van der Waals surface area contributed by atoms with Crippen molar-refractivity contribution in [3.8, 4) is 0 Å². The second-order valence-corrected chi connectivity index (χ2v) is 6.16. The van der Waals surface area contributed by atoms with Crippen LogP contribution in [0.3, 0.4) is 0 Å². The van der Waals surface area contributed by atoms with Gasteiger partial charge >= 0.3 is 0 Å². The predicted molar refractivity (Wildman–Crippen MR) is 81.6 cm³/mol. The third-order valence-corrected chi connectivity index (χ3v) is 3.68. The van der Waals surface area contributed by atoms with Crippen molar-refractivity contribution < 1.29 is 14.3 Å². The molecule has 1 unspecified atom stereocenters. The summed E-state index contributed by atoms with van der Waals surface area (Å²) in [6.45, 7) is 8.78. The normalized spacial score (nSPS) is 18.4. The van der Waals surface area contributed by atoms with E-state index in [0.717, 1.165) is 6.42 Å². The molecule has 0 aromatic carbocycles. The molecule has 1 rings (SSSR count). The van der Waals surface area contributed by atoms with Gasteiger partial charge in [0.1, 0.15) is 6.04 Å². The summed E-state index contributed by atoms with van der Waals surface area (Å²) in [7, 11) is 0. The summed E-state index contributed by atoms with van der Waals surface area (Å²) in [5.74, 6) is 0.550. The number of hydrogen-bond donors (Lipinski definition) is 2. The third-order valence-electron chi connectivity index (χ3n) is 3.68. The van der Waals surface area contributed by atoms with E-state index in [4.69, 9.17) is 10.5 Å². The molecule has 0 bridgehead atoms. The molecule has 2 atom stereocenters. The van der Waals surface area contributed by atoms with Crippen LogP contribution in [-0.4, -0.2) is 55.6 Å². The first-order valence-electron chi connectivity index (χ1n) is 7.80. The number of hydrogen-bond acceptors (Lipinski definition) is 4. The van der Waals surface area contributed by atoms with Crippen LogP contribution in [0.4, 0.5) is 0 Å². The molecule has 0 spiro atoms. The molecule has 2 amide bonds. The first kappa shape index (κ1) is 17.9. The highest BCUT2D eigenvalue weighted by Crippen LogP contribution is 2.14. The van der Waals surface area contributed by atoms with Crippen molar-refractivity contribution >= 4 is 11.8 Å². The number of rotatable bonds is 7. The molecule has 0 saturated carbocycles. The Kier molecular flexibility index (Phi) is 7.67. The van der Waals surface area contributed by atoms with Crippen molar-refractivity contribution in [1.82, 2.24) is 10.2 Å². The van der Waals surface area contributed by atoms with Crippen molar-refractivity contribution in [2.24, 2.45) is 17.6 Å². The summed E-state index contributed by atoms with van der Waals surface area (Å²) >= 11 is 0. The van der Waals surface area contributed by atoms with E-state index in [2.05, 4.69) is 19.2 Å². The first-order valence-corrected chi connectivity index (χ1v) is 7.80. The highest BCUT2D eigenvalue weighted by molar-refractivity contribution is 5.87. The molecule has 1 aliphatic rings. The minimum Gasteiger partial charge on any atom is -0.378 e. The lowest BCUT2D eigenvalue weighted by Crippen LogP contribution is -2.50. The number of nitrogens with zero attached hydrogens (tertiary/aromatic N) is 1. The molecule has 6 nitrogen and oxygen atoms in total. The summed E-state index contributed by atoms with van der Waals surface area (Å²) < 4.78 is 5.22. The molecule has 0 radical (unpaired) electrons. The highest BCUT2D eigenvalue weighted by atomic mass is 16.5. The fraction of sp³-hybridized carbons (Fsp3) is 0.867. The lowest BCUT2D eigenvalue weighted by Gasteiger charge is -2.29. The maximum Gasteiger partial charge on any atom is 0.245 e. The zero-order chi connectivity index (χ0) is 15.8. The Morgan fingerprint density at radius 1 is 1.24 bits per heavy atom. The molecule has 6 heteroatoms. The quantitative estimate of drug-likeness (QED) is 0.711. The average Bonchev–Trinajstić information content (AvgIpc) is 2.45. The number of carbonyl (C=O) groups excluding carboxylic acids is 2. The Bertz CT molecular complexity index is 341. The largest absolute Gasteiger partial charge is 0.378 e. The van der Waals surface area contributed by atoms with Gasteiger partial charge in [0.2, 0.25) is 11.8 Å². The molecule has 1 fully saturated rings. The Morgan fingerprint density at radius 2 is 1.86 bits per heavy atom. The van der Waals surface area contributed by atoms with Gasteiger partial charge in [-0.15, -0.1) is 0 Å². The van der Waals surface area contributed by atoms with Crippen molar-refractivity contribution in [2.75, 3.05) is 32.8 Å². The molecular formula is C15H29N3O3. The standard InChI is InChI=1S/C15H29N3O3/c1-11(2)8-13(10-16)9-14(19)17-12(3)15(20)18-4-6-21-7-5-18/h11-13H,4-10,16H2,1-3H3,(H,17,19)/t12?,13-/m0/s1. The third kappa shape index (κ3) is 6.44. The van der Waals surface area contributed by atoms with Gasteiger partial charge in [0.25, 0.3) is 0 Å². The number of ether oxygens (including phenoxy) is 1. The Labute approximate surface area is 127 Å². The fourth-order valence-electron chi connectivity index (χ4n) is 2.61. The van der Waals surface area contributed by atoms with Gasteiger partial charge in [0.15, 0.2) is 0 Å². The van der Waals surface area contributed by atoms with E-state index in [0.29, 0.717) is 45.2 Å². The molecule has 1 aliphatic heterocycles. The van der Waals surface area contributed by atoms with Gasteiger partial charge in [-0.1, -0.05) is 13.8 Å². The van der Waals surface area contributed by atoms with Crippen LogP contribution in [0, 0.1) is 11.8 Å². The molecule has 3 N–H and O–H groups in total. The van der Waals surface area contributed by atoms with Crippen LogP contribution >= 0.6 is 0 Å². The first-order chi connectivity index (χ1) is 9.93. The van der Waals surface area contributed by atoms with Crippen molar-refractivity contribution in [1.29, 1.82) is 0 Å². The van der Waals surface area contributed by atoms with Crippen molar-refractivity contribution in [3.63, 3.8) is 0 Å². The van der Waals surface area contributed by atoms with E-state index >= 15 is 0 Å². The van der Waals surface area contributed by atoms with Gasteiger partial charge in [-0.05, 0) is 31.7 Å². The Hall–Kier alpha value is -1.14. The minimum absolute atomic E-state index is 0.0418. The summed E-state index contributed by atoms with van der Waals surface area (Å²) in [5, 5.41) is 2.79. The van der Waals surface area contributed by atoms with Crippen LogP contribution < -0.4 is 11.1 Å². The lowest BCUT2D eigenvalue weighted by atomic mass is 9.94. The predicted octanol–water partition coefficient (Wildman–Crippen LogP) is 0.361. The van der Waals surface area contributed by atoms with Gasteiger partial charge in [-0.25, -0.2) is 0 Å². The van der Waals surface area contributed by atoms with Gasteiger partial charge < -0.3 is 20.7 Å². The SMILES string of the molecule is CC(C)C[C@H](CN)CC(=O)NC(C)C(=O)N1CCOCC1. The van der Waals surface area contributed by atoms with E-state index in [1.165, 1.54) is 0 Å². The summed E-state index contributed by atoms with van der Waals surface area (Å²) in [6, 6.07) is -0.493. The van der Waals surface area contributed by atoms with E-state index in [1.807, 2.05) is 0 Å². The second-order valence-electron chi connectivity index (χ2n) is 6.16. The number of nitrogens with one attached hydrogen (secondary N) is 1. The molecule has 21 heavy (non-hydrogen) atoms. The van der Waals surface area contributed by atoms with E-state index in [9.17, 15) is 9.59 Å². The Balaban J connectivity index is 2.39. The topological polar surface area (TPSA) is 84.7 Å². The van der Waals surface area contributed by atoms with Crippen LogP contribution in [0.25, 0.3) is 0 Å². The summed E-state index contributed by atoms with van der Waals surface area (Å²) in [6.07, 6.45) is 1.31. The van der Waals surface area contributed by atoms with Crippen LogP contribution in [-0.2, 0) is 14.3 Å². The fourth-order valence-corrected chi connectivity index (χ4v) is 2.61. The molecule has 122 valence electrons. The number of amides is 2. The maximum atomic E-state index is 12.2. The van der Waals surface area contributed by atoms with Crippen LogP contribution in [0.15, 0.2) is 0 Å². The van der Waals surface area contributed by atoms with E-state index in [-0.39, 0.29) is 17.7 Å². The zero-order valence-corrected chi connectivity index (χ0v) is 13.4. The van der Waals surface area contributed by atoms with Gasteiger partial charge in [-0.3, -0.25) is 9.59 Å². The number of carbonyl (C=O) groups is 2. The lowest BCUT2D eigenvalue weighted by molar-refractivity contribution is -0.139. The zero-order valence-electron chi connectivity index (χ0n) is 13.4. The molecule has 1 saturated heterocycles. The van der Waals surface area contributed by atoms with Gasteiger partial charge in [0.05, 0.1) is 13.2 Å². The van der Waals surface area contributed by atoms with Gasteiger partial charge in [0, 0.05) is 19.5 Å². The minimum atomic E-state index is -0.493. The second kappa shape index (κ2) is 9.00. The molecule has 0 aromatic rings. The molecular weight excluding hydrogens is 270 g/mol. The number of nitrogens with two attached hydrogens (primary N) is 1. The van der Waals surface area contributed by atoms with E-state index in [1.54, 1.807) is 11.8 Å². The van der Waals surface area contributed by atoms with Crippen LogP contribution in [0.5, 0.6) is 0 Å². The summed E-state index contributed by atoms with van der Waals surface area (Å²) in [4.78, 5) is 26.0. The van der Waals surface area contributed by atoms with Gasteiger partial charge in [-0.2, -0.15) is 0 Å². The summed E-state index contributed by atoms with van der Waals surface area (Å²) in [5.41, 5.74) is 5.71. The smallest absolute Gasteiger partial charge is 0.245 e. The molecule has 0 aliphatic carbocycles. The van der Waals surface area contributed by atoms with Crippen molar-refractivity contribution in [3.05, 3.63) is 0 Å². The maximum absolute atomic E-state index is 12.2.